The van der Waals surface area contributed by atoms with Crippen molar-refractivity contribution in [1.29, 1.82) is 0 Å². The summed E-state index contributed by atoms with van der Waals surface area (Å²) in [5.74, 6) is 1.16. The Hall–Kier alpha value is -1.14. The molecule has 170 valence electrons. The topological polar surface area (TPSA) is 57.5 Å². The van der Waals surface area contributed by atoms with Crippen molar-refractivity contribution in [2.45, 2.75) is 88.6 Å². The third kappa shape index (κ3) is 4.27. The minimum Gasteiger partial charge on any atom is -0.457 e. The molecule has 1 aromatic rings. The van der Waals surface area contributed by atoms with Crippen LogP contribution in [0.3, 0.4) is 0 Å². The van der Waals surface area contributed by atoms with Crippen LogP contribution in [0.15, 0.2) is 6.07 Å². The first-order valence-corrected chi connectivity index (χ1v) is 12.7. The number of hydrogen-bond donors (Lipinski definition) is 0. The Labute approximate surface area is 193 Å². The van der Waals surface area contributed by atoms with Crippen LogP contribution < -0.4 is 0 Å². The van der Waals surface area contributed by atoms with Gasteiger partial charge in [0.1, 0.15) is 0 Å². The maximum absolute atomic E-state index is 12.9. The quantitative estimate of drug-likeness (QED) is 0.301. The zero-order valence-corrected chi connectivity index (χ0v) is 20.3. The minimum absolute atomic E-state index is 0.0742. The van der Waals surface area contributed by atoms with Gasteiger partial charge < -0.3 is 14.0 Å². The molecular formula is C25H34BrNO4. The van der Waals surface area contributed by atoms with Crippen molar-refractivity contribution in [3.8, 4) is 0 Å². The number of aryl methyl sites for hydroxylation is 1. The van der Waals surface area contributed by atoms with Crippen molar-refractivity contribution < 1.29 is 19.1 Å². The van der Waals surface area contributed by atoms with Crippen molar-refractivity contribution in [2.75, 3.05) is 13.2 Å². The number of Topliss-reactive ketones (excluding diaryl/α,β-unsaturated/α-hetero) is 1. The molecule has 0 unspecified atom stereocenters. The average molecular weight is 492 g/mol. The summed E-state index contributed by atoms with van der Waals surface area (Å²) in [6.45, 7) is 5.44. The molecule has 3 atom stereocenters. The van der Waals surface area contributed by atoms with Crippen molar-refractivity contribution in [1.82, 2.24) is 4.57 Å². The highest BCUT2D eigenvalue weighted by Gasteiger charge is 2.57. The van der Waals surface area contributed by atoms with E-state index in [1.807, 2.05) is 19.9 Å². The Kier molecular flexibility index (Phi) is 5.61. The van der Waals surface area contributed by atoms with Gasteiger partial charge in [0.15, 0.2) is 6.61 Å². The number of nitrogens with zero attached hydrogens (tertiary/aromatic N) is 1. The summed E-state index contributed by atoms with van der Waals surface area (Å²) in [5.41, 5.74) is 2.73. The highest BCUT2D eigenvalue weighted by molar-refractivity contribution is 9.10. The van der Waals surface area contributed by atoms with E-state index < -0.39 is 0 Å². The van der Waals surface area contributed by atoms with E-state index in [0.29, 0.717) is 12.0 Å². The first-order chi connectivity index (χ1) is 14.7. The number of halogens is 1. The molecule has 5 fully saturated rings. The molecule has 6 heteroatoms. The second kappa shape index (κ2) is 8.02. The molecule has 2 heterocycles. The molecule has 1 aliphatic heterocycles. The van der Waals surface area contributed by atoms with Crippen LogP contribution in [0.25, 0.3) is 0 Å². The standard InChI is InChI=1S/C25H34BrNO4/c1-16-6-21(17(2)27(16)13-20-4-3-5-30-20)22(28)14-31-23(29)12-24-8-18-7-19(9-24)11-25(26,10-18)15-24/h6,18-20H,3-5,7-15H2,1-2H3/t18-,19-,20-,24?,25?/m1/s1. The van der Waals surface area contributed by atoms with E-state index in [9.17, 15) is 9.59 Å². The van der Waals surface area contributed by atoms with Gasteiger partial charge in [0.05, 0.1) is 12.5 Å². The van der Waals surface area contributed by atoms with Gasteiger partial charge in [-0.2, -0.15) is 0 Å². The summed E-state index contributed by atoms with van der Waals surface area (Å²) >= 11 is 4.01. The molecule has 1 saturated heterocycles. The molecule has 1 aromatic heterocycles. The lowest BCUT2D eigenvalue weighted by molar-refractivity contribution is -0.149. The van der Waals surface area contributed by atoms with E-state index in [1.165, 1.54) is 19.3 Å². The van der Waals surface area contributed by atoms with Gasteiger partial charge in [0.25, 0.3) is 0 Å². The van der Waals surface area contributed by atoms with E-state index in [4.69, 9.17) is 9.47 Å². The van der Waals surface area contributed by atoms with Gasteiger partial charge in [-0.3, -0.25) is 9.59 Å². The zero-order valence-electron chi connectivity index (χ0n) is 18.8. The highest BCUT2D eigenvalue weighted by Crippen LogP contribution is 2.65. The number of ether oxygens (including phenoxy) is 2. The first-order valence-electron chi connectivity index (χ1n) is 11.9. The fourth-order valence-corrected chi connectivity index (χ4v) is 8.99. The van der Waals surface area contributed by atoms with Gasteiger partial charge >= 0.3 is 5.97 Å². The summed E-state index contributed by atoms with van der Waals surface area (Å²) < 4.78 is 13.7. The molecule has 0 radical (unpaired) electrons. The lowest BCUT2D eigenvalue weighted by atomic mass is 9.49. The van der Waals surface area contributed by atoms with E-state index in [1.54, 1.807) is 0 Å². The fraction of sp³-hybridized carbons (Fsp3) is 0.760. The third-order valence-electron chi connectivity index (χ3n) is 8.28. The molecule has 0 N–H and O–H groups in total. The van der Waals surface area contributed by atoms with E-state index >= 15 is 0 Å². The molecule has 4 bridgehead atoms. The largest absolute Gasteiger partial charge is 0.457 e. The Morgan fingerprint density at radius 3 is 2.61 bits per heavy atom. The van der Waals surface area contributed by atoms with Crippen LogP contribution >= 0.6 is 15.9 Å². The molecule has 4 aliphatic carbocycles. The number of esters is 1. The van der Waals surface area contributed by atoms with E-state index in [-0.39, 0.29) is 34.2 Å². The number of rotatable bonds is 7. The molecule has 6 rings (SSSR count). The number of hydrogen-bond acceptors (Lipinski definition) is 4. The third-order valence-corrected chi connectivity index (χ3v) is 9.21. The SMILES string of the molecule is Cc1cc(C(=O)COC(=O)CC23C[C@H]4C[C@@H](CC(Br)(C4)C2)C3)c(C)n1C[C@H]1CCCO1. The number of alkyl halides is 1. The monoisotopic (exact) mass is 491 g/mol. The van der Waals surface area contributed by atoms with Crippen molar-refractivity contribution in [3.63, 3.8) is 0 Å². The number of aromatic nitrogens is 1. The molecule has 5 aliphatic rings. The average Bonchev–Trinajstić information content (AvgIpc) is 3.27. The lowest BCUT2D eigenvalue weighted by Gasteiger charge is -2.60. The Morgan fingerprint density at radius 1 is 1.23 bits per heavy atom. The normalized spacial score (nSPS) is 36.2. The van der Waals surface area contributed by atoms with Gasteiger partial charge in [-0.25, -0.2) is 0 Å². The van der Waals surface area contributed by atoms with Gasteiger partial charge in [-0.15, -0.1) is 0 Å². The van der Waals surface area contributed by atoms with Crippen LogP contribution in [0.1, 0.15) is 79.5 Å². The molecule has 5 nitrogen and oxygen atoms in total. The van der Waals surface area contributed by atoms with Crippen molar-refractivity contribution in [3.05, 3.63) is 23.0 Å². The lowest BCUT2D eigenvalue weighted by Crippen LogP contribution is -2.53. The Bertz CT molecular complexity index is 870. The second-order valence-electron chi connectivity index (χ2n) is 10.9. The molecule has 0 spiro atoms. The van der Waals surface area contributed by atoms with E-state index in [0.717, 1.165) is 68.5 Å². The predicted octanol–water partition coefficient (Wildman–Crippen LogP) is 5.13. The number of carbonyl (C=O) groups is 2. The Morgan fingerprint density at radius 2 is 1.97 bits per heavy atom. The van der Waals surface area contributed by atoms with Crippen molar-refractivity contribution >= 4 is 27.7 Å². The maximum Gasteiger partial charge on any atom is 0.306 e. The maximum atomic E-state index is 12.9. The van der Waals surface area contributed by atoms with Crippen LogP contribution in [0, 0.1) is 31.1 Å². The highest BCUT2D eigenvalue weighted by atomic mass is 79.9. The molecule has 4 saturated carbocycles. The van der Waals surface area contributed by atoms with Gasteiger partial charge in [-0.05, 0) is 88.5 Å². The predicted molar refractivity (Wildman–Crippen MR) is 122 cm³/mol. The summed E-state index contributed by atoms with van der Waals surface area (Å²) in [4.78, 5) is 25.6. The second-order valence-corrected chi connectivity index (χ2v) is 12.6. The van der Waals surface area contributed by atoms with Crippen LogP contribution in [-0.4, -0.2) is 40.0 Å². The minimum atomic E-state index is -0.209. The van der Waals surface area contributed by atoms with Crippen LogP contribution in [-0.2, 0) is 20.8 Å². The number of carbonyl (C=O) groups excluding carboxylic acids is 2. The van der Waals surface area contributed by atoms with Gasteiger partial charge in [0, 0.05) is 34.4 Å². The molecule has 31 heavy (non-hydrogen) atoms. The summed E-state index contributed by atoms with van der Waals surface area (Å²) in [6, 6.07) is 1.92. The summed E-state index contributed by atoms with van der Waals surface area (Å²) in [7, 11) is 0. The van der Waals surface area contributed by atoms with Crippen LogP contribution in [0.2, 0.25) is 0 Å². The molecule has 0 aromatic carbocycles. The Balaban J connectivity index is 1.19. The number of ketones is 1. The van der Waals surface area contributed by atoms with Crippen molar-refractivity contribution in [2.24, 2.45) is 17.3 Å². The van der Waals surface area contributed by atoms with Gasteiger partial charge in [-0.1, -0.05) is 15.9 Å². The van der Waals surface area contributed by atoms with Crippen LogP contribution in [0.5, 0.6) is 0 Å². The van der Waals surface area contributed by atoms with E-state index in [2.05, 4.69) is 20.5 Å². The molecular weight excluding hydrogens is 458 g/mol. The van der Waals surface area contributed by atoms with Crippen LogP contribution in [0.4, 0.5) is 0 Å². The summed E-state index contributed by atoms with van der Waals surface area (Å²) in [5, 5.41) is 0. The first kappa shape index (κ1) is 21.7. The zero-order chi connectivity index (χ0) is 21.8. The smallest absolute Gasteiger partial charge is 0.306 e. The molecule has 0 amide bonds. The summed E-state index contributed by atoms with van der Waals surface area (Å²) in [6.07, 6.45) is 10.0. The fourth-order valence-electron chi connectivity index (χ4n) is 7.48. The van der Waals surface area contributed by atoms with Gasteiger partial charge in [0.2, 0.25) is 5.78 Å².